The zero-order valence-corrected chi connectivity index (χ0v) is 10.4. The molecule has 0 aromatic heterocycles. The van der Waals surface area contributed by atoms with Crippen molar-refractivity contribution in [1.82, 2.24) is 0 Å². The molecule has 2 rings (SSSR count). The summed E-state index contributed by atoms with van der Waals surface area (Å²) >= 11 is 0. The lowest BCUT2D eigenvalue weighted by Gasteiger charge is -2.05. The first-order chi connectivity index (χ1) is 8.51. The maximum atomic E-state index is 11.2. The number of rotatable bonds is 2. The Hall–Kier alpha value is -1.82. The summed E-state index contributed by atoms with van der Waals surface area (Å²) < 4.78 is 66.0. The van der Waals surface area contributed by atoms with Crippen molar-refractivity contribution in [3.8, 4) is 0 Å². The molecule has 0 amide bonds. The molecule has 0 saturated heterocycles. The molecule has 0 atom stereocenters. The molecule has 0 aliphatic carbocycles. The second-order valence-electron chi connectivity index (χ2n) is 3.47. The SMILES string of the molecule is O=C1OC(=O)c2cc(S(=O)(=O)O)c(S(=O)(=O)O)cc21. The number of cyclic esters (lactones) is 2. The van der Waals surface area contributed by atoms with E-state index in [0.717, 1.165) is 0 Å². The number of carbonyl (C=O) groups excluding carboxylic acids is 2. The van der Waals surface area contributed by atoms with Gasteiger partial charge in [-0.2, -0.15) is 16.8 Å². The van der Waals surface area contributed by atoms with Crippen molar-refractivity contribution in [3.05, 3.63) is 23.3 Å². The highest BCUT2D eigenvalue weighted by Crippen LogP contribution is 2.29. The number of ether oxygens (including phenoxy) is 1. The molecule has 102 valence electrons. The maximum Gasteiger partial charge on any atom is 0.346 e. The van der Waals surface area contributed by atoms with Gasteiger partial charge in [-0.3, -0.25) is 9.11 Å². The van der Waals surface area contributed by atoms with Crippen LogP contribution in [0.5, 0.6) is 0 Å². The second kappa shape index (κ2) is 3.84. The van der Waals surface area contributed by atoms with E-state index in [1.54, 1.807) is 0 Å². The molecule has 1 heterocycles. The van der Waals surface area contributed by atoms with Crippen molar-refractivity contribution >= 4 is 32.2 Å². The van der Waals surface area contributed by atoms with E-state index in [9.17, 15) is 26.4 Å². The highest BCUT2D eigenvalue weighted by molar-refractivity contribution is 7.89. The van der Waals surface area contributed by atoms with Gasteiger partial charge in [0.25, 0.3) is 20.2 Å². The summed E-state index contributed by atoms with van der Waals surface area (Å²) in [6.07, 6.45) is 0. The highest BCUT2D eigenvalue weighted by atomic mass is 32.2. The lowest BCUT2D eigenvalue weighted by atomic mass is 10.1. The minimum absolute atomic E-state index is 0.445. The normalized spacial score (nSPS) is 15.3. The van der Waals surface area contributed by atoms with E-state index in [0.29, 0.717) is 12.1 Å². The predicted octanol–water partition coefficient (Wildman–Crippen LogP) is -0.509. The van der Waals surface area contributed by atoms with E-state index in [4.69, 9.17) is 9.11 Å². The van der Waals surface area contributed by atoms with E-state index in [2.05, 4.69) is 4.74 Å². The molecule has 0 unspecified atom stereocenters. The number of esters is 2. The van der Waals surface area contributed by atoms with Crippen molar-refractivity contribution < 1.29 is 40.3 Å². The lowest BCUT2D eigenvalue weighted by Crippen LogP contribution is -2.10. The molecule has 0 spiro atoms. The highest BCUT2D eigenvalue weighted by Gasteiger charge is 2.35. The Morgan fingerprint density at radius 1 is 0.789 bits per heavy atom. The molecule has 1 aromatic rings. The molecular weight excluding hydrogens is 304 g/mol. The van der Waals surface area contributed by atoms with Crippen LogP contribution in [-0.2, 0) is 25.0 Å². The van der Waals surface area contributed by atoms with Crippen LogP contribution in [0.4, 0.5) is 0 Å². The summed E-state index contributed by atoms with van der Waals surface area (Å²) in [4.78, 5) is 19.9. The monoisotopic (exact) mass is 308 g/mol. The molecule has 2 N–H and O–H groups in total. The molecule has 19 heavy (non-hydrogen) atoms. The first kappa shape index (κ1) is 13.6. The fraction of sp³-hybridized carbons (Fsp3) is 0. The van der Waals surface area contributed by atoms with Crippen LogP contribution in [0.2, 0.25) is 0 Å². The third-order valence-corrected chi connectivity index (χ3v) is 4.18. The fourth-order valence-corrected chi connectivity index (χ4v) is 3.29. The van der Waals surface area contributed by atoms with Crippen molar-refractivity contribution in [2.45, 2.75) is 9.79 Å². The minimum Gasteiger partial charge on any atom is -0.386 e. The fourth-order valence-electron chi connectivity index (χ4n) is 1.50. The number of hydrogen-bond donors (Lipinski definition) is 2. The van der Waals surface area contributed by atoms with Gasteiger partial charge in [-0.05, 0) is 12.1 Å². The third kappa shape index (κ3) is 2.23. The van der Waals surface area contributed by atoms with E-state index in [1.165, 1.54) is 0 Å². The van der Waals surface area contributed by atoms with Crippen LogP contribution in [0, 0.1) is 0 Å². The van der Waals surface area contributed by atoms with Gasteiger partial charge in [0.15, 0.2) is 0 Å². The molecule has 1 aromatic carbocycles. The molecule has 0 saturated carbocycles. The average Bonchev–Trinajstić information content (AvgIpc) is 2.50. The Bertz CT molecular complexity index is 747. The molecule has 0 fully saturated rings. The van der Waals surface area contributed by atoms with Crippen LogP contribution in [0.3, 0.4) is 0 Å². The van der Waals surface area contributed by atoms with Crippen molar-refractivity contribution in [1.29, 1.82) is 0 Å². The van der Waals surface area contributed by atoms with Crippen molar-refractivity contribution in [3.63, 3.8) is 0 Å². The van der Waals surface area contributed by atoms with Gasteiger partial charge >= 0.3 is 11.9 Å². The van der Waals surface area contributed by atoms with E-state index in [-0.39, 0.29) is 0 Å². The third-order valence-electron chi connectivity index (χ3n) is 2.26. The molecule has 1 aliphatic heterocycles. The van der Waals surface area contributed by atoms with Gasteiger partial charge in [0.2, 0.25) is 0 Å². The molecule has 0 bridgehead atoms. The van der Waals surface area contributed by atoms with E-state index < -0.39 is 53.1 Å². The van der Waals surface area contributed by atoms with Crippen LogP contribution in [0.25, 0.3) is 0 Å². The Balaban J connectivity index is 2.94. The quantitative estimate of drug-likeness (QED) is 0.418. The van der Waals surface area contributed by atoms with Gasteiger partial charge in [0.05, 0.1) is 11.1 Å². The Labute approximate surface area is 106 Å². The summed E-state index contributed by atoms with van der Waals surface area (Å²) in [7, 11) is -10.1. The summed E-state index contributed by atoms with van der Waals surface area (Å²) in [5, 5.41) is 0. The number of benzene rings is 1. The standard InChI is InChI=1S/C8H4O9S2/c9-7-3-1-5(18(11,12)13)6(19(14,15)16)2-4(3)8(10)17-7/h1-2H,(H,11,12,13)(H,14,15,16). The van der Waals surface area contributed by atoms with Gasteiger partial charge < -0.3 is 4.74 Å². The van der Waals surface area contributed by atoms with Crippen LogP contribution in [0.1, 0.15) is 20.7 Å². The zero-order valence-electron chi connectivity index (χ0n) is 8.72. The van der Waals surface area contributed by atoms with Crippen LogP contribution >= 0.6 is 0 Å². The van der Waals surface area contributed by atoms with Gasteiger partial charge in [-0.25, -0.2) is 9.59 Å². The van der Waals surface area contributed by atoms with Crippen LogP contribution in [0.15, 0.2) is 21.9 Å². The zero-order chi connectivity index (χ0) is 14.6. The smallest absolute Gasteiger partial charge is 0.346 e. The summed E-state index contributed by atoms with van der Waals surface area (Å²) in [6.45, 7) is 0. The Kier molecular flexibility index (Phi) is 2.75. The van der Waals surface area contributed by atoms with Gasteiger partial charge in [0, 0.05) is 0 Å². The summed E-state index contributed by atoms with van der Waals surface area (Å²) in [5.41, 5.74) is -1.05. The molecule has 0 radical (unpaired) electrons. The first-order valence-electron chi connectivity index (χ1n) is 4.41. The molecule has 9 nitrogen and oxygen atoms in total. The second-order valence-corrected chi connectivity index (χ2v) is 6.25. The average molecular weight is 308 g/mol. The predicted molar refractivity (Wildman–Crippen MR) is 55.8 cm³/mol. The van der Waals surface area contributed by atoms with E-state index >= 15 is 0 Å². The Morgan fingerprint density at radius 3 is 1.37 bits per heavy atom. The summed E-state index contributed by atoms with van der Waals surface area (Å²) in [6, 6.07) is 0.891. The maximum absolute atomic E-state index is 11.2. The van der Waals surface area contributed by atoms with Crippen LogP contribution < -0.4 is 0 Å². The van der Waals surface area contributed by atoms with Crippen molar-refractivity contribution in [2.75, 3.05) is 0 Å². The van der Waals surface area contributed by atoms with E-state index in [1.807, 2.05) is 0 Å². The van der Waals surface area contributed by atoms with Gasteiger partial charge in [0.1, 0.15) is 9.79 Å². The largest absolute Gasteiger partial charge is 0.386 e. The Morgan fingerprint density at radius 2 is 1.11 bits per heavy atom. The van der Waals surface area contributed by atoms with Crippen molar-refractivity contribution in [2.24, 2.45) is 0 Å². The lowest BCUT2D eigenvalue weighted by molar-refractivity contribution is 0.0443. The van der Waals surface area contributed by atoms with Gasteiger partial charge in [-0.15, -0.1) is 0 Å². The first-order valence-corrected chi connectivity index (χ1v) is 7.29. The number of fused-ring (bicyclic) bond motifs is 1. The van der Waals surface area contributed by atoms with Gasteiger partial charge in [-0.1, -0.05) is 0 Å². The number of hydrogen-bond acceptors (Lipinski definition) is 7. The topological polar surface area (TPSA) is 152 Å². The minimum atomic E-state index is -5.04. The summed E-state index contributed by atoms with van der Waals surface area (Å²) in [5.74, 6) is -2.38. The number of carbonyl (C=O) groups is 2. The van der Waals surface area contributed by atoms with Crippen LogP contribution in [-0.4, -0.2) is 37.9 Å². The molecule has 1 aliphatic rings. The molecular formula is C8H4O9S2. The molecule has 11 heteroatoms.